The number of anilines is 2. The molecule has 2 N–H and O–H groups in total. The van der Waals surface area contributed by atoms with Crippen molar-refractivity contribution in [2.24, 2.45) is 5.41 Å². The van der Waals surface area contributed by atoms with E-state index in [1.54, 1.807) is 0 Å². The fraction of sp³-hybridized carbons (Fsp3) is 0.516. The Morgan fingerprint density at radius 3 is 2.60 bits per heavy atom. The molecule has 2 aromatic heterocycles. The summed E-state index contributed by atoms with van der Waals surface area (Å²) in [5, 5.41) is 13.2. The van der Waals surface area contributed by atoms with E-state index in [0.29, 0.717) is 24.1 Å². The Morgan fingerprint density at radius 1 is 1.07 bits per heavy atom. The minimum absolute atomic E-state index is 0.414. The van der Waals surface area contributed by atoms with E-state index in [0.717, 1.165) is 78.0 Å². The molecule has 0 amide bonds. The summed E-state index contributed by atoms with van der Waals surface area (Å²) < 4.78 is 6.35. The van der Waals surface area contributed by atoms with Crippen molar-refractivity contribution >= 4 is 33.3 Å². The number of aryl methyl sites for hydroxylation is 1. The van der Waals surface area contributed by atoms with E-state index in [9.17, 15) is 0 Å². The first-order valence-electron chi connectivity index (χ1n) is 14.7. The molecule has 7 rings (SSSR count). The highest BCUT2D eigenvalue weighted by atomic mass is 16.5. The van der Waals surface area contributed by atoms with Crippen LogP contribution in [0.3, 0.4) is 0 Å². The van der Waals surface area contributed by atoms with Gasteiger partial charge in [-0.15, -0.1) is 0 Å². The lowest BCUT2D eigenvalue weighted by Gasteiger charge is -2.48. The maximum atomic E-state index is 6.35. The number of H-pyrrole nitrogens is 1. The van der Waals surface area contributed by atoms with Crippen LogP contribution in [0.2, 0.25) is 0 Å². The Bertz CT molecular complexity index is 1550. The van der Waals surface area contributed by atoms with Crippen LogP contribution < -0.4 is 19.9 Å². The van der Waals surface area contributed by atoms with Gasteiger partial charge >= 0.3 is 6.01 Å². The van der Waals surface area contributed by atoms with Crippen LogP contribution in [0.5, 0.6) is 6.01 Å². The lowest BCUT2D eigenvalue weighted by molar-refractivity contribution is 0.126. The monoisotopic (exact) mass is 540 g/mol. The summed E-state index contributed by atoms with van der Waals surface area (Å²) in [6, 6.07) is 9.68. The van der Waals surface area contributed by atoms with Crippen molar-refractivity contribution in [2.45, 2.75) is 38.6 Å². The SMILES string of the molecule is Cc1ccc2[nH]ncc2c1-c1cc2nc(OC[C@@H]3CCCN3C)nc(N3CCC4(CC3)CNC4)c2cc1N(C)C. The quantitative estimate of drug-likeness (QED) is 0.376. The zero-order chi connectivity index (χ0) is 27.4. The van der Waals surface area contributed by atoms with E-state index in [-0.39, 0.29) is 0 Å². The molecule has 3 aliphatic heterocycles. The number of piperidine rings is 1. The highest BCUT2D eigenvalue weighted by molar-refractivity contribution is 6.04. The van der Waals surface area contributed by atoms with Gasteiger partial charge in [-0.3, -0.25) is 5.10 Å². The van der Waals surface area contributed by atoms with Crippen molar-refractivity contribution in [1.82, 2.24) is 30.4 Å². The van der Waals surface area contributed by atoms with E-state index in [1.807, 2.05) is 6.20 Å². The molecule has 9 heteroatoms. The number of rotatable bonds is 6. The second-order valence-electron chi connectivity index (χ2n) is 12.4. The summed E-state index contributed by atoms with van der Waals surface area (Å²) >= 11 is 0. The first-order chi connectivity index (χ1) is 19.4. The van der Waals surface area contributed by atoms with Gasteiger partial charge in [0, 0.05) is 68.3 Å². The molecule has 210 valence electrons. The number of likely N-dealkylation sites (tertiary alicyclic amines) is 1. The molecule has 3 fully saturated rings. The van der Waals surface area contributed by atoms with Crippen LogP contribution in [0.1, 0.15) is 31.2 Å². The van der Waals surface area contributed by atoms with Gasteiger partial charge in [-0.25, -0.2) is 0 Å². The summed E-state index contributed by atoms with van der Waals surface area (Å²) in [6.45, 7) is 8.20. The molecule has 0 saturated carbocycles. The summed E-state index contributed by atoms with van der Waals surface area (Å²) in [5.41, 5.74) is 7.11. The molecular formula is C31H40N8O. The first kappa shape index (κ1) is 25.5. The van der Waals surface area contributed by atoms with E-state index < -0.39 is 0 Å². The third-order valence-corrected chi connectivity index (χ3v) is 9.56. The molecule has 1 atom stereocenters. The lowest BCUT2D eigenvalue weighted by Crippen LogP contribution is -2.58. The van der Waals surface area contributed by atoms with Gasteiger partial charge in [-0.2, -0.15) is 15.1 Å². The van der Waals surface area contributed by atoms with Crippen molar-refractivity contribution in [2.75, 3.05) is 70.3 Å². The molecule has 0 bridgehead atoms. The standard InChI is InChI=1S/C31H40N8O/c1-20-7-8-25-24(16-33-36-25)28(20)23-14-26-22(15-27(23)37(2)3)29(39-12-9-31(10-13-39)18-32-19-31)35-30(34-26)40-17-21-6-5-11-38(21)4/h7-8,14-16,21,32H,5-6,9-13,17-19H2,1-4H3,(H,33,36)/t21-/m0/s1. The Morgan fingerprint density at radius 2 is 1.90 bits per heavy atom. The number of likely N-dealkylation sites (N-methyl/N-ethyl adjacent to an activating group) is 1. The largest absolute Gasteiger partial charge is 0.462 e. The number of nitrogens with one attached hydrogen (secondary N) is 2. The Balaban J connectivity index is 1.35. The molecule has 0 unspecified atom stereocenters. The average molecular weight is 541 g/mol. The molecule has 1 spiro atoms. The van der Waals surface area contributed by atoms with Crippen LogP contribution in [0.25, 0.3) is 32.9 Å². The fourth-order valence-electron chi connectivity index (χ4n) is 6.87. The summed E-state index contributed by atoms with van der Waals surface area (Å²) in [6.07, 6.45) is 6.68. The highest BCUT2D eigenvalue weighted by Gasteiger charge is 2.40. The number of nitrogens with zero attached hydrogens (tertiary/aromatic N) is 6. The minimum Gasteiger partial charge on any atom is -0.462 e. The van der Waals surface area contributed by atoms with Crippen LogP contribution in [0, 0.1) is 12.3 Å². The zero-order valence-corrected chi connectivity index (χ0v) is 24.1. The number of hydrogen-bond donors (Lipinski definition) is 2. The Kier molecular flexibility index (Phi) is 6.31. The molecular weight excluding hydrogens is 500 g/mol. The summed E-state index contributed by atoms with van der Waals surface area (Å²) in [5.74, 6) is 0.995. The third kappa shape index (κ3) is 4.36. The maximum absolute atomic E-state index is 6.35. The first-order valence-corrected chi connectivity index (χ1v) is 14.7. The molecule has 4 aromatic rings. The second kappa shape index (κ2) is 9.89. The van der Waals surface area contributed by atoms with Gasteiger partial charge in [0.1, 0.15) is 12.4 Å². The fourth-order valence-corrected chi connectivity index (χ4v) is 6.87. The predicted molar refractivity (Wildman–Crippen MR) is 162 cm³/mol. The molecule has 3 aliphatic rings. The van der Waals surface area contributed by atoms with Gasteiger partial charge in [0.2, 0.25) is 0 Å². The number of hydrogen-bond acceptors (Lipinski definition) is 8. The maximum Gasteiger partial charge on any atom is 0.319 e. The summed E-state index contributed by atoms with van der Waals surface area (Å²) in [4.78, 5) is 17.2. The van der Waals surface area contributed by atoms with Gasteiger partial charge in [0.15, 0.2) is 0 Å². The van der Waals surface area contributed by atoms with Crippen LogP contribution in [0.15, 0.2) is 30.5 Å². The van der Waals surface area contributed by atoms with Crippen molar-refractivity contribution in [3.05, 3.63) is 36.0 Å². The van der Waals surface area contributed by atoms with Gasteiger partial charge < -0.3 is 24.8 Å². The topological polar surface area (TPSA) is 85.4 Å². The van der Waals surface area contributed by atoms with E-state index in [1.165, 1.54) is 30.4 Å². The Labute approximate surface area is 235 Å². The van der Waals surface area contributed by atoms with Crippen LogP contribution in [0.4, 0.5) is 11.5 Å². The molecule has 3 saturated heterocycles. The number of aromatic amines is 1. The van der Waals surface area contributed by atoms with Gasteiger partial charge in [0.05, 0.1) is 17.2 Å². The lowest BCUT2D eigenvalue weighted by atomic mass is 9.73. The van der Waals surface area contributed by atoms with E-state index in [2.05, 4.69) is 82.5 Å². The van der Waals surface area contributed by atoms with Gasteiger partial charge in [-0.1, -0.05) is 6.07 Å². The number of aromatic nitrogens is 4. The predicted octanol–water partition coefficient (Wildman–Crippen LogP) is 4.21. The van der Waals surface area contributed by atoms with Crippen molar-refractivity contribution in [3.8, 4) is 17.1 Å². The molecule has 0 radical (unpaired) electrons. The molecule has 9 nitrogen and oxygen atoms in total. The van der Waals surface area contributed by atoms with Gasteiger partial charge in [-0.05, 0) is 80.9 Å². The molecule has 40 heavy (non-hydrogen) atoms. The van der Waals surface area contributed by atoms with Gasteiger partial charge in [0.25, 0.3) is 0 Å². The number of benzene rings is 2. The Hall–Kier alpha value is -3.43. The number of ether oxygens (including phenoxy) is 1. The van der Waals surface area contributed by atoms with E-state index in [4.69, 9.17) is 14.7 Å². The normalized spacial score (nSPS) is 20.9. The van der Waals surface area contributed by atoms with Crippen molar-refractivity contribution in [1.29, 1.82) is 0 Å². The molecule has 2 aromatic carbocycles. The average Bonchev–Trinajstić information content (AvgIpc) is 3.58. The van der Waals surface area contributed by atoms with Crippen LogP contribution in [-0.2, 0) is 0 Å². The third-order valence-electron chi connectivity index (χ3n) is 9.56. The van der Waals surface area contributed by atoms with Crippen LogP contribution >= 0.6 is 0 Å². The van der Waals surface area contributed by atoms with E-state index >= 15 is 0 Å². The van der Waals surface area contributed by atoms with Crippen molar-refractivity contribution < 1.29 is 4.74 Å². The molecule has 0 aliphatic carbocycles. The number of fused-ring (bicyclic) bond motifs is 2. The minimum atomic E-state index is 0.414. The summed E-state index contributed by atoms with van der Waals surface area (Å²) in [7, 11) is 6.40. The smallest absolute Gasteiger partial charge is 0.319 e. The zero-order valence-electron chi connectivity index (χ0n) is 24.1. The van der Waals surface area contributed by atoms with Crippen molar-refractivity contribution in [3.63, 3.8) is 0 Å². The highest BCUT2D eigenvalue weighted by Crippen LogP contribution is 2.43. The van der Waals surface area contributed by atoms with Crippen LogP contribution in [-0.4, -0.2) is 91.6 Å². The second-order valence-corrected chi connectivity index (χ2v) is 12.4. The molecule has 5 heterocycles.